The van der Waals surface area contributed by atoms with E-state index < -0.39 is 17.9 Å². The molecule has 0 aliphatic heterocycles. The second-order valence-corrected chi connectivity index (χ2v) is 4.68. The molecule has 1 nitrogen and oxygen atoms in total. The van der Waals surface area contributed by atoms with E-state index in [4.69, 9.17) is 5.73 Å². The molecule has 3 heteroatoms. The van der Waals surface area contributed by atoms with Gasteiger partial charge in [0.1, 0.15) is 12.0 Å². The predicted molar refractivity (Wildman–Crippen MR) is 75.0 cm³/mol. The molecule has 0 saturated heterocycles. The number of benzene rings is 1. The lowest BCUT2D eigenvalue weighted by atomic mass is 9.88. The number of aryl methyl sites for hydroxylation is 1. The molecule has 0 bridgehead atoms. The van der Waals surface area contributed by atoms with Gasteiger partial charge < -0.3 is 5.73 Å². The van der Waals surface area contributed by atoms with Crippen molar-refractivity contribution >= 4 is 5.70 Å². The van der Waals surface area contributed by atoms with E-state index in [0.717, 1.165) is 29.2 Å². The Morgan fingerprint density at radius 3 is 2.74 bits per heavy atom. The van der Waals surface area contributed by atoms with Gasteiger partial charge >= 0.3 is 0 Å². The monoisotopic (exact) mass is 261 g/mol. The first-order valence-electron chi connectivity index (χ1n) is 6.30. The summed E-state index contributed by atoms with van der Waals surface area (Å²) < 4.78 is 26.8. The number of halogens is 2. The van der Waals surface area contributed by atoms with Crippen LogP contribution in [0, 0.1) is 0 Å². The average Bonchev–Trinajstić information content (AvgIpc) is 2.37. The Labute approximate surface area is 112 Å². The van der Waals surface area contributed by atoms with Crippen molar-refractivity contribution < 1.29 is 8.78 Å². The van der Waals surface area contributed by atoms with Crippen molar-refractivity contribution in [3.8, 4) is 0 Å². The third kappa shape index (κ3) is 2.75. The second-order valence-electron chi connectivity index (χ2n) is 4.68. The Hall–Kier alpha value is -1.90. The van der Waals surface area contributed by atoms with Crippen LogP contribution in [-0.2, 0) is 6.42 Å². The maximum absolute atomic E-state index is 13.9. The molecule has 0 fully saturated rings. The fraction of sp³-hybridized carbons (Fsp3) is 0.250. The number of hydrogen-bond donors (Lipinski definition) is 1. The fourth-order valence-electron chi connectivity index (χ4n) is 2.33. The number of alkyl halides is 1. The normalized spacial score (nSPS) is 22.2. The highest BCUT2D eigenvalue weighted by Gasteiger charge is 2.23. The molecule has 0 radical (unpaired) electrons. The number of nitrogens with two attached hydrogens (primary N) is 1. The van der Waals surface area contributed by atoms with Gasteiger partial charge in [-0.3, -0.25) is 0 Å². The van der Waals surface area contributed by atoms with Crippen molar-refractivity contribution in [1.29, 1.82) is 0 Å². The molecule has 1 aliphatic rings. The number of hydrogen-bond acceptors (Lipinski definition) is 1. The van der Waals surface area contributed by atoms with Crippen molar-refractivity contribution in [2.75, 3.05) is 0 Å². The van der Waals surface area contributed by atoms with Crippen molar-refractivity contribution in [3.05, 3.63) is 65.5 Å². The van der Waals surface area contributed by atoms with Gasteiger partial charge in [0.05, 0.1) is 0 Å². The molecule has 19 heavy (non-hydrogen) atoms. The van der Waals surface area contributed by atoms with Gasteiger partial charge in [0.15, 0.2) is 0 Å². The Morgan fingerprint density at radius 1 is 1.42 bits per heavy atom. The van der Waals surface area contributed by atoms with Gasteiger partial charge in [-0.25, -0.2) is 8.78 Å². The molecule has 0 spiro atoms. The zero-order valence-corrected chi connectivity index (χ0v) is 10.9. The van der Waals surface area contributed by atoms with Gasteiger partial charge in [0.25, 0.3) is 0 Å². The molecule has 0 saturated carbocycles. The number of allylic oxidation sites excluding steroid dienone is 4. The minimum absolute atomic E-state index is 0.440. The van der Waals surface area contributed by atoms with Crippen LogP contribution in [0.2, 0.25) is 0 Å². The van der Waals surface area contributed by atoms with Gasteiger partial charge in [0.2, 0.25) is 0 Å². The van der Waals surface area contributed by atoms with E-state index in [2.05, 4.69) is 6.58 Å². The van der Waals surface area contributed by atoms with E-state index in [-0.39, 0.29) is 0 Å². The van der Waals surface area contributed by atoms with Crippen LogP contribution < -0.4 is 5.73 Å². The van der Waals surface area contributed by atoms with Crippen LogP contribution in [0.4, 0.5) is 8.78 Å². The van der Waals surface area contributed by atoms with E-state index >= 15 is 0 Å². The van der Waals surface area contributed by atoms with E-state index in [1.54, 1.807) is 6.08 Å². The van der Waals surface area contributed by atoms with Crippen LogP contribution in [0.1, 0.15) is 29.5 Å². The minimum Gasteiger partial charge on any atom is -0.399 e. The van der Waals surface area contributed by atoms with Crippen LogP contribution in [0.15, 0.2) is 48.8 Å². The van der Waals surface area contributed by atoms with Crippen LogP contribution >= 0.6 is 0 Å². The highest BCUT2D eigenvalue weighted by atomic mass is 19.1. The molecule has 2 N–H and O–H groups in total. The molecule has 2 unspecified atom stereocenters. The standard InChI is InChI=1S/C16H17F2N/c1-3-11-8-12(4-6-14(11)10(2)19)15-7-5-13(17)9-16(15)18/h4-9,15-16H,2-3,19H2,1H3. The zero-order valence-electron chi connectivity index (χ0n) is 10.9. The average molecular weight is 261 g/mol. The number of rotatable bonds is 3. The highest BCUT2D eigenvalue weighted by Crippen LogP contribution is 2.31. The quantitative estimate of drug-likeness (QED) is 0.873. The fourth-order valence-corrected chi connectivity index (χ4v) is 2.33. The molecule has 0 aromatic heterocycles. The summed E-state index contributed by atoms with van der Waals surface area (Å²) in [6.45, 7) is 5.74. The van der Waals surface area contributed by atoms with Crippen LogP contribution in [0.25, 0.3) is 5.70 Å². The lowest BCUT2D eigenvalue weighted by Gasteiger charge is -2.20. The lowest BCUT2D eigenvalue weighted by Crippen LogP contribution is -2.13. The van der Waals surface area contributed by atoms with E-state index in [1.807, 2.05) is 25.1 Å². The summed E-state index contributed by atoms with van der Waals surface area (Å²) in [4.78, 5) is 0. The first-order valence-corrected chi connectivity index (χ1v) is 6.30. The SMILES string of the molecule is C=C(N)c1ccc(C2C=CC(F)=CC2F)cc1CC. The van der Waals surface area contributed by atoms with Crippen molar-refractivity contribution in [3.63, 3.8) is 0 Å². The molecule has 0 heterocycles. The van der Waals surface area contributed by atoms with E-state index in [0.29, 0.717) is 5.70 Å². The molecular weight excluding hydrogens is 244 g/mol. The summed E-state index contributed by atoms with van der Waals surface area (Å²) in [6, 6.07) is 5.60. The van der Waals surface area contributed by atoms with Gasteiger partial charge in [-0.05, 0) is 35.3 Å². The highest BCUT2D eigenvalue weighted by molar-refractivity contribution is 5.64. The maximum atomic E-state index is 13.9. The summed E-state index contributed by atoms with van der Waals surface area (Å²) in [5.74, 6) is -0.962. The van der Waals surface area contributed by atoms with Crippen LogP contribution in [0.5, 0.6) is 0 Å². The third-order valence-electron chi connectivity index (χ3n) is 3.37. The molecule has 1 aliphatic carbocycles. The molecule has 1 aromatic rings. The van der Waals surface area contributed by atoms with E-state index in [1.165, 1.54) is 6.08 Å². The van der Waals surface area contributed by atoms with Crippen molar-refractivity contribution in [2.24, 2.45) is 5.73 Å². The molecule has 0 amide bonds. The molecule has 2 atom stereocenters. The largest absolute Gasteiger partial charge is 0.399 e. The molecular formula is C16H17F2N. The second kappa shape index (κ2) is 5.39. The third-order valence-corrected chi connectivity index (χ3v) is 3.37. The smallest absolute Gasteiger partial charge is 0.132 e. The first-order chi connectivity index (χ1) is 9.02. The first kappa shape index (κ1) is 13.5. The van der Waals surface area contributed by atoms with Crippen LogP contribution in [0.3, 0.4) is 0 Å². The topological polar surface area (TPSA) is 26.0 Å². The van der Waals surface area contributed by atoms with Crippen molar-refractivity contribution in [1.82, 2.24) is 0 Å². The van der Waals surface area contributed by atoms with Crippen LogP contribution in [-0.4, -0.2) is 6.17 Å². The van der Waals surface area contributed by atoms with Gasteiger partial charge in [-0.2, -0.15) is 0 Å². The zero-order chi connectivity index (χ0) is 14.0. The maximum Gasteiger partial charge on any atom is 0.132 e. The van der Waals surface area contributed by atoms with Crippen molar-refractivity contribution in [2.45, 2.75) is 25.4 Å². The van der Waals surface area contributed by atoms with Gasteiger partial charge in [-0.1, -0.05) is 37.8 Å². The summed E-state index contributed by atoms with van der Waals surface area (Å²) >= 11 is 0. The van der Waals surface area contributed by atoms with Gasteiger partial charge in [-0.15, -0.1) is 0 Å². The summed E-state index contributed by atoms with van der Waals surface area (Å²) in [5.41, 5.74) is 8.98. The molecule has 100 valence electrons. The molecule has 2 rings (SSSR count). The summed E-state index contributed by atoms with van der Waals surface area (Å²) in [6.07, 6.45) is 3.33. The summed E-state index contributed by atoms with van der Waals surface area (Å²) in [7, 11) is 0. The summed E-state index contributed by atoms with van der Waals surface area (Å²) in [5, 5.41) is 0. The minimum atomic E-state index is -1.33. The Kier molecular flexibility index (Phi) is 3.84. The Balaban J connectivity index is 2.37. The van der Waals surface area contributed by atoms with E-state index in [9.17, 15) is 8.78 Å². The van der Waals surface area contributed by atoms with Gasteiger partial charge in [0, 0.05) is 11.6 Å². The Morgan fingerprint density at radius 2 is 2.16 bits per heavy atom. The predicted octanol–water partition coefficient (Wildman–Crippen LogP) is 4.02. The lowest BCUT2D eigenvalue weighted by molar-refractivity contribution is 0.361. The Bertz CT molecular complexity index is 558. The molecule has 1 aromatic carbocycles.